The Bertz CT molecular complexity index is 584. The van der Waals surface area contributed by atoms with Crippen molar-refractivity contribution in [1.29, 1.82) is 0 Å². The van der Waals surface area contributed by atoms with Gasteiger partial charge in [0.1, 0.15) is 5.82 Å². The largest absolute Gasteiger partial charge is 0.320 e. The zero-order valence-electron chi connectivity index (χ0n) is 11.0. The van der Waals surface area contributed by atoms with Crippen LogP contribution in [-0.2, 0) is 9.59 Å². The van der Waals surface area contributed by atoms with Crippen molar-refractivity contribution in [3.63, 3.8) is 0 Å². The molecule has 104 valence electrons. The highest BCUT2D eigenvalue weighted by atomic mass is 19.1. The maximum absolute atomic E-state index is 13.9. The van der Waals surface area contributed by atoms with E-state index >= 15 is 0 Å². The second kappa shape index (κ2) is 6.31. The second-order valence-electron chi connectivity index (χ2n) is 4.50. The van der Waals surface area contributed by atoms with Gasteiger partial charge in [-0.3, -0.25) is 14.5 Å². The lowest BCUT2D eigenvalue weighted by molar-refractivity contribution is -0.125. The maximum atomic E-state index is 13.9. The standard InChI is InChI=1S/C15H15FN2O2/c16-13-10-12(8-7-11(13)4-3-9-17)18-14(19)5-1-2-6-15(18)20/h7-8,10H,1-2,5-6,9,17H2. The molecule has 1 aliphatic heterocycles. The van der Waals surface area contributed by atoms with Crippen LogP contribution in [0.1, 0.15) is 31.2 Å². The predicted octanol–water partition coefficient (Wildman–Crippen LogP) is 1.57. The highest BCUT2D eigenvalue weighted by Crippen LogP contribution is 2.23. The number of nitrogens with zero attached hydrogens (tertiary/aromatic N) is 1. The van der Waals surface area contributed by atoms with Crippen molar-refractivity contribution < 1.29 is 14.0 Å². The summed E-state index contributed by atoms with van der Waals surface area (Å²) in [4.78, 5) is 24.9. The van der Waals surface area contributed by atoms with E-state index in [4.69, 9.17) is 5.73 Å². The molecular formula is C15H15FN2O2. The molecule has 1 aromatic carbocycles. The van der Waals surface area contributed by atoms with E-state index in [9.17, 15) is 14.0 Å². The van der Waals surface area contributed by atoms with E-state index in [-0.39, 0.29) is 29.6 Å². The Kier molecular flexibility index (Phi) is 4.49. The Balaban J connectivity index is 2.34. The minimum absolute atomic E-state index is 0.143. The number of nitrogens with two attached hydrogens (primary N) is 1. The molecule has 0 bridgehead atoms. The van der Waals surface area contributed by atoms with Crippen LogP contribution in [0.5, 0.6) is 0 Å². The molecule has 4 nitrogen and oxygen atoms in total. The van der Waals surface area contributed by atoms with Crippen LogP contribution in [0.2, 0.25) is 0 Å². The molecule has 2 amide bonds. The van der Waals surface area contributed by atoms with Crippen LogP contribution in [0.4, 0.5) is 10.1 Å². The Morgan fingerprint density at radius 2 is 1.85 bits per heavy atom. The molecule has 1 heterocycles. The first kappa shape index (κ1) is 14.2. The average Bonchev–Trinajstić information content (AvgIpc) is 2.58. The van der Waals surface area contributed by atoms with E-state index in [2.05, 4.69) is 11.8 Å². The lowest BCUT2D eigenvalue weighted by Gasteiger charge is -2.18. The van der Waals surface area contributed by atoms with Gasteiger partial charge in [-0.15, -0.1) is 0 Å². The van der Waals surface area contributed by atoms with Gasteiger partial charge in [-0.1, -0.05) is 11.8 Å². The number of anilines is 1. The van der Waals surface area contributed by atoms with Crippen molar-refractivity contribution in [3.8, 4) is 11.8 Å². The number of carbonyl (C=O) groups is 2. The molecule has 20 heavy (non-hydrogen) atoms. The van der Waals surface area contributed by atoms with E-state index in [1.807, 2.05) is 0 Å². The summed E-state index contributed by atoms with van der Waals surface area (Å²) in [7, 11) is 0. The minimum atomic E-state index is -0.562. The fourth-order valence-electron chi connectivity index (χ4n) is 2.09. The number of imide groups is 1. The molecule has 1 fully saturated rings. The van der Waals surface area contributed by atoms with Crippen molar-refractivity contribution in [3.05, 3.63) is 29.6 Å². The van der Waals surface area contributed by atoms with Crippen LogP contribution in [0.25, 0.3) is 0 Å². The van der Waals surface area contributed by atoms with Gasteiger partial charge >= 0.3 is 0 Å². The molecule has 5 heteroatoms. The molecular weight excluding hydrogens is 259 g/mol. The number of hydrogen-bond acceptors (Lipinski definition) is 3. The molecule has 0 aromatic heterocycles. The zero-order chi connectivity index (χ0) is 14.5. The smallest absolute Gasteiger partial charge is 0.233 e. The van der Waals surface area contributed by atoms with Crippen LogP contribution >= 0.6 is 0 Å². The van der Waals surface area contributed by atoms with Gasteiger partial charge in [0.05, 0.1) is 17.8 Å². The molecule has 0 saturated carbocycles. The normalized spacial score (nSPS) is 15.6. The Morgan fingerprint density at radius 1 is 1.20 bits per heavy atom. The number of carbonyl (C=O) groups excluding carboxylic acids is 2. The number of amides is 2. The van der Waals surface area contributed by atoms with Crippen LogP contribution < -0.4 is 10.6 Å². The maximum Gasteiger partial charge on any atom is 0.233 e. The second-order valence-corrected chi connectivity index (χ2v) is 4.50. The van der Waals surface area contributed by atoms with Gasteiger partial charge in [-0.05, 0) is 31.0 Å². The molecule has 1 saturated heterocycles. The van der Waals surface area contributed by atoms with Crippen molar-refractivity contribution in [2.45, 2.75) is 25.7 Å². The molecule has 2 rings (SSSR count). The first-order chi connectivity index (χ1) is 9.63. The van der Waals surface area contributed by atoms with Crippen molar-refractivity contribution in [2.75, 3.05) is 11.4 Å². The van der Waals surface area contributed by atoms with Crippen LogP contribution in [0, 0.1) is 17.7 Å². The van der Waals surface area contributed by atoms with Gasteiger partial charge in [0.15, 0.2) is 0 Å². The molecule has 0 atom stereocenters. The summed E-state index contributed by atoms with van der Waals surface area (Å²) in [5, 5.41) is 0. The third-order valence-corrected chi connectivity index (χ3v) is 3.07. The summed E-state index contributed by atoms with van der Waals surface area (Å²) in [5.41, 5.74) is 5.70. The third kappa shape index (κ3) is 3.03. The molecule has 0 spiro atoms. The molecule has 0 unspecified atom stereocenters. The minimum Gasteiger partial charge on any atom is -0.320 e. The average molecular weight is 274 g/mol. The molecule has 0 aliphatic carbocycles. The molecule has 1 aliphatic rings. The lowest BCUT2D eigenvalue weighted by atomic mass is 10.1. The summed E-state index contributed by atoms with van der Waals surface area (Å²) in [5.74, 6) is 4.03. The van der Waals surface area contributed by atoms with Gasteiger partial charge in [-0.25, -0.2) is 4.39 Å². The van der Waals surface area contributed by atoms with E-state index in [0.29, 0.717) is 25.7 Å². The predicted molar refractivity (Wildman–Crippen MR) is 73.3 cm³/mol. The Labute approximate surface area is 116 Å². The lowest BCUT2D eigenvalue weighted by Crippen LogP contribution is -2.35. The van der Waals surface area contributed by atoms with E-state index < -0.39 is 5.82 Å². The van der Waals surface area contributed by atoms with Gasteiger partial charge in [-0.2, -0.15) is 0 Å². The number of benzene rings is 1. The number of hydrogen-bond donors (Lipinski definition) is 1. The van der Waals surface area contributed by atoms with Crippen molar-refractivity contribution in [2.24, 2.45) is 5.73 Å². The number of rotatable bonds is 1. The summed E-state index contributed by atoms with van der Waals surface area (Å²) in [6, 6.07) is 4.16. The molecule has 2 N–H and O–H groups in total. The highest BCUT2D eigenvalue weighted by molar-refractivity contribution is 6.15. The van der Waals surface area contributed by atoms with Crippen molar-refractivity contribution in [1.82, 2.24) is 0 Å². The molecule has 1 aromatic rings. The SMILES string of the molecule is NCC#Cc1ccc(N2C(=O)CCCCC2=O)cc1F. The van der Waals surface area contributed by atoms with Gasteiger partial charge < -0.3 is 5.73 Å². The summed E-state index contributed by atoms with van der Waals surface area (Å²) >= 11 is 0. The van der Waals surface area contributed by atoms with Crippen molar-refractivity contribution >= 4 is 17.5 Å². The highest BCUT2D eigenvalue weighted by Gasteiger charge is 2.26. The van der Waals surface area contributed by atoms with E-state index in [0.717, 1.165) is 4.90 Å². The fraction of sp³-hybridized carbons (Fsp3) is 0.333. The van der Waals surface area contributed by atoms with Crippen LogP contribution in [0.3, 0.4) is 0 Å². The quantitative estimate of drug-likeness (QED) is 0.624. The number of halogens is 1. The van der Waals surface area contributed by atoms with Gasteiger partial charge in [0.2, 0.25) is 11.8 Å². The summed E-state index contributed by atoms with van der Waals surface area (Å²) in [6.45, 7) is 0.143. The zero-order valence-corrected chi connectivity index (χ0v) is 11.0. The van der Waals surface area contributed by atoms with E-state index in [1.165, 1.54) is 18.2 Å². The third-order valence-electron chi connectivity index (χ3n) is 3.07. The summed E-state index contributed by atoms with van der Waals surface area (Å²) < 4.78 is 13.9. The monoisotopic (exact) mass is 274 g/mol. The van der Waals surface area contributed by atoms with E-state index in [1.54, 1.807) is 0 Å². The summed E-state index contributed by atoms with van der Waals surface area (Å²) in [6.07, 6.45) is 1.98. The molecule has 0 radical (unpaired) electrons. The van der Waals surface area contributed by atoms with Gasteiger partial charge in [0.25, 0.3) is 0 Å². The fourth-order valence-corrected chi connectivity index (χ4v) is 2.09. The van der Waals surface area contributed by atoms with Crippen LogP contribution in [-0.4, -0.2) is 18.4 Å². The Hall–Kier alpha value is -2.19. The van der Waals surface area contributed by atoms with Crippen LogP contribution in [0.15, 0.2) is 18.2 Å². The van der Waals surface area contributed by atoms with Gasteiger partial charge in [0, 0.05) is 12.8 Å². The Morgan fingerprint density at radius 3 is 2.40 bits per heavy atom. The first-order valence-corrected chi connectivity index (χ1v) is 6.47. The first-order valence-electron chi connectivity index (χ1n) is 6.47. The topological polar surface area (TPSA) is 63.4 Å².